The van der Waals surface area contributed by atoms with Crippen molar-refractivity contribution in [3.8, 4) is 0 Å². The number of rotatable bonds is 4. The average Bonchev–Trinajstić information content (AvgIpc) is 2.79. The monoisotopic (exact) mass is 297 g/mol. The van der Waals surface area contributed by atoms with Crippen molar-refractivity contribution >= 4 is 17.5 Å². The van der Waals surface area contributed by atoms with Gasteiger partial charge in [0.2, 0.25) is 5.91 Å². The molecule has 1 atom stereocenters. The van der Waals surface area contributed by atoms with Crippen molar-refractivity contribution in [3.63, 3.8) is 0 Å². The van der Waals surface area contributed by atoms with Crippen LogP contribution in [0.1, 0.15) is 30.1 Å². The first-order valence-corrected chi connectivity index (χ1v) is 6.71. The van der Waals surface area contributed by atoms with Gasteiger partial charge in [0.1, 0.15) is 11.6 Å². The highest BCUT2D eigenvalue weighted by Crippen LogP contribution is 2.17. The van der Waals surface area contributed by atoms with Gasteiger partial charge in [-0.1, -0.05) is 0 Å². The molecule has 1 fully saturated rings. The van der Waals surface area contributed by atoms with Crippen molar-refractivity contribution in [3.05, 3.63) is 29.3 Å². The minimum absolute atomic E-state index is 0.0494. The fourth-order valence-electron chi connectivity index (χ4n) is 2.31. The number of carbonyl (C=O) groups is 2. The molecule has 7 heteroatoms. The van der Waals surface area contributed by atoms with E-state index in [-0.39, 0.29) is 23.2 Å². The lowest BCUT2D eigenvalue weighted by atomic mass is 10.1. The molecule has 0 saturated carbocycles. The minimum atomic E-state index is -0.969. The fourth-order valence-corrected chi connectivity index (χ4v) is 2.31. The van der Waals surface area contributed by atoms with Gasteiger partial charge in [0, 0.05) is 31.6 Å². The van der Waals surface area contributed by atoms with E-state index in [9.17, 15) is 18.4 Å². The predicted octanol–water partition coefficient (Wildman–Crippen LogP) is 1.29. The number of hydrogen-bond donors (Lipinski definition) is 2. The van der Waals surface area contributed by atoms with E-state index in [0.717, 1.165) is 12.5 Å². The van der Waals surface area contributed by atoms with E-state index in [2.05, 4.69) is 5.32 Å². The zero-order chi connectivity index (χ0) is 15.6. The minimum Gasteiger partial charge on any atom is -0.396 e. The molecule has 114 valence electrons. The number of halogens is 2. The summed E-state index contributed by atoms with van der Waals surface area (Å²) in [7, 11) is 0. The number of likely N-dealkylation sites (tertiary alicyclic amines) is 1. The molecule has 0 spiro atoms. The second-order valence-corrected chi connectivity index (χ2v) is 5.17. The molecule has 1 aromatic carbocycles. The van der Waals surface area contributed by atoms with E-state index in [1.807, 2.05) is 0 Å². The van der Waals surface area contributed by atoms with Crippen molar-refractivity contribution in [2.24, 2.45) is 0 Å². The lowest BCUT2D eigenvalue weighted by Gasteiger charge is -2.21. The first-order valence-electron chi connectivity index (χ1n) is 6.71. The Morgan fingerprint density at radius 3 is 2.76 bits per heavy atom. The molecular weight excluding hydrogens is 280 g/mol. The number of amides is 2. The predicted molar refractivity (Wildman–Crippen MR) is 73.5 cm³/mol. The van der Waals surface area contributed by atoms with Crippen molar-refractivity contribution in [2.45, 2.75) is 25.8 Å². The summed E-state index contributed by atoms with van der Waals surface area (Å²) in [5.74, 6) is -2.50. The Morgan fingerprint density at radius 2 is 2.14 bits per heavy atom. The van der Waals surface area contributed by atoms with Crippen LogP contribution in [0.3, 0.4) is 0 Å². The number of nitrogens with two attached hydrogens (primary N) is 1. The number of benzene rings is 1. The number of nitrogens with zero attached hydrogens (tertiary/aromatic N) is 1. The van der Waals surface area contributed by atoms with E-state index in [1.165, 1.54) is 0 Å². The third-order valence-electron chi connectivity index (χ3n) is 3.37. The molecule has 3 N–H and O–H groups in total. The van der Waals surface area contributed by atoms with Gasteiger partial charge in [-0.25, -0.2) is 8.78 Å². The molecule has 2 amide bonds. The van der Waals surface area contributed by atoms with Gasteiger partial charge in [-0.2, -0.15) is 0 Å². The molecule has 0 aliphatic carbocycles. The topological polar surface area (TPSA) is 75.4 Å². The summed E-state index contributed by atoms with van der Waals surface area (Å²) in [6.07, 6.45) is 1.33. The molecule has 2 rings (SSSR count). The van der Waals surface area contributed by atoms with E-state index < -0.39 is 17.5 Å². The smallest absolute Gasteiger partial charge is 0.254 e. The summed E-state index contributed by atoms with van der Waals surface area (Å²) >= 11 is 0. The van der Waals surface area contributed by atoms with Gasteiger partial charge in [0.05, 0.1) is 11.3 Å². The number of nitrogen functional groups attached to an aromatic ring is 1. The van der Waals surface area contributed by atoms with Gasteiger partial charge >= 0.3 is 0 Å². The molecule has 0 aromatic heterocycles. The van der Waals surface area contributed by atoms with Crippen LogP contribution in [-0.4, -0.2) is 35.8 Å². The molecule has 1 aliphatic rings. The summed E-state index contributed by atoms with van der Waals surface area (Å²) in [5, 5.41) is 2.58. The second-order valence-electron chi connectivity index (χ2n) is 5.17. The first-order chi connectivity index (χ1) is 9.88. The Bertz CT molecular complexity index is 578. The molecule has 1 heterocycles. The lowest BCUT2D eigenvalue weighted by Crippen LogP contribution is -2.42. The van der Waals surface area contributed by atoms with Crippen LogP contribution in [0.5, 0.6) is 0 Å². The Morgan fingerprint density at radius 1 is 1.43 bits per heavy atom. The van der Waals surface area contributed by atoms with Crippen LogP contribution >= 0.6 is 0 Å². The molecule has 21 heavy (non-hydrogen) atoms. The Hall–Kier alpha value is -2.18. The summed E-state index contributed by atoms with van der Waals surface area (Å²) in [4.78, 5) is 25.1. The first kappa shape index (κ1) is 15.2. The van der Waals surface area contributed by atoms with E-state index in [0.29, 0.717) is 25.6 Å². The van der Waals surface area contributed by atoms with Crippen LogP contribution in [0, 0.1) is 11.6 Å². The molecule has 0 bridgehead atoms. The third kappa shape index (κ3) is 3.48. The summed E-state index contributed by atoms with van der Waals surface area (Å²) in [6.45, 7) is 2.74. The summed E-state index contributed by atoms with van der Waals surface area (Å²) < 4.78 is 26.6. The zero-order valence-electron chi connectivity index (χ0n) is 11.7. The van der Waals surface area contributed by atoms with Gasteiger partial charge in [-0.15, -0.1) is 0 Å². The SMILES string of the molecule is CC(CN1CCCC1=O)NC(=O)c1cc(N)c(F)cc1F. The Labute approximate surface area is 121 Å². The standard InChI is InChI=1S/C14H17F2N3O2/c1-8(7-19-4-2-3-13(19)20)18-14(21)9-5-12(17)11(16)6-10(9)15/h5-6,8H,2-4,7,17H2,1H3,(H,18,21). The molecule has 1 unspecified atom stereocenters. The largest absolute Gasteiger partial charge is 0.396 e. The highest BCUT2D eigenvalue weighted by atomic mass is 19.1. The van der Waals surface area contributed by atoms with Crippen LogP contribution in [0.25, 0.3) is 0 Å². The number of anilines is 1. The van der Waals surface area contributed by atoms with Crippen molar-refractivity contribution in [1.82, 2.24) is 10.2 Å². The highest BCUT2D eigenvalue weighted by Gasteiger charge is 2.23. The van der Waals surface area contributed by atoms with Crippen LogP contribution in [0.4, 0.5) is 14.5 Å². The number of carbonyl (C=O) groups excluding carboxylic acids is 2. The Balaban J connectivity index is 2.00. The van der Waals surface area contributed by atoms with Gasteiger partial charge in [-0.3, -0.25) is 9.59 Å². The van der Waals surface area contributed by atoms with Crippen LogP contribution in [-0.2, 0) is 4.79 Å². The summed E-state index contributed by atoms with van der Waals surface area (Å²) in [5.41, 5.74) is 4.73. The highest BCUT2D eigenvalue weighted by molar-refractivity contribution is 5.95. The van der Waals surface area contributed by atoms with Crippen LogP contribution in [0.15, 0.2) is 12.1 Å². The van der Waals surface area contributed by atoms with Crippen LogP contribution < -0.4 is 11.1 Å². The van der Waals surface area contributed by atoms with Gasteiger partial charge in [0.25, 0.3) is 5.91 Å². The second kappa shape index (κ2) is 6.07. The normalized spacial score (nSPS) is 16.1. The third-order valence-corrected chi connectivity index (χ3v) is 3.37. The van der Waals surface area contributed by atoms with Crippen molar-refractivity contribution in [2.75, 3.05) is 18.8 Å². The average molecular weight is 297 g/mol. The molecule has 1 aromatic rings. The van der Waals surface area contributed by atoms with Crippen molar-refractivity contribution < 1.29 is 18.4 Å². The van der Waals surface area contributed by atoms with E-state index in [4.69, 9.17) is 5.73 Å². The number of hydrogen-bond acceptors (Lipinski definition) is 3. The van der Waals surface area contributed by atoms with E-state index in [1.54, 1.807) is 11.8 Å². The molecule has 1 saturated heterocycles. The molecule has 1 aliphatic heterocycles. The fraction of sp³-hybridized carbons (Fsp3) is 0.429. The van der Waals surface area contributed by atoms with E-state index >= 15 is 0 Å². The van der Waals surface area contributed by atoms with Gasteiger partial charge in [0.15, 0.2) is 0 Å². The molecule has 0 radical (unpaired) electrons. The molecule has 5 nitrogen and oxygen atoms in total. The maximum atomic E-state index is 13.6. The van der Waals surface area contributed by atoms with Crippen molar-refractivity contribution in [1.29, 1.82) is 0 Å². The van der Waals surface area contributed by atoms with Gasteiger partial charge in [-0.05, 0) is 19.4 Å². The zero-order valence-corrected chi connectivity index (χ0v) is 11.7. The summed E-state index contributed by atoms with van der Waals surface area (Å²) in [6, 6.07) is 1.21. The Kier molecular flexibility index (Phi) is 4.40. The lowest BCUT2D eigenvalue weighted by molar-refractivity contribution is -0.127. The molecular formula is C14H17F2N3O2. The van der Waals surface area contributed by atoms with Crippen LogP contribution in [0.2, 0.25) is 0 Å². The maximum absolute atomic E-state index is 13.6. The number of nitrogens with one attached hydrogen (secondary N) is 1. The maximum Gasteiger partial charge on any atom is 0.254 e. The van der Waals surface area contributed by atoms with Gasteiger partial charge < -0.3 is 16.0 Å². The quantitative estimate of drug-likeness (QED) is 0.822.